The van der Waals surface area contributed by atoms with Crippen molar-refractivity contribution < 1.29 is 29.4 Å². The van der Waals surface area contributed by atoms with Crippen LogP contribution in [0.2, 0.25) is 0 Å². The number of anilines is 2. The second-order valence-electron chi connectivity index (χ2n) is 12.2. The van der Waals surface area contributed by atoms with Gasteiger partial charge < -0.3 is 30.0 Å². The smallest absolute Gasteiger partial charge is 0.337 e. The maximum atomic E-state index is 13.7. The Bertz CT molecular complexity index is 2360. The Kier molecular flexibility index (Phi) is 10.4. The van der Waals surface area contributed by atoms with Crippen LogP contribution in [0.15, 0.2) is 114 Å². The van der Waals surface area contributed by atoms with Crippen molar-refractivity contribution in [3.63, 3.8) is 0 Å². The Morgan fingerprint density at radius 1 is 0.673 bits per heavy atom. The first-order valence-corrected chi connectivity index (χ1v) is 16.7. The predicted octanol–water partition coefficient (Wildman–Crippen LogP) is 6.54. The van der Waals surface area contributed by atoms with E-state index in [2.05, 4.69) is 17.6 Å². The molecule has 0 aliphatic heterocycles. The molecule has 0 unspecified atom stereocenters. The number of aromatic carboxylic acids is 2. The number of hydrogen-bond acceptors (Lipinski definition) is 6. The van der Waals surface area contributed by atoms with Crippen LogP contribution in [0.5, 0.6) is 0 Å². The largest absolute Gasteiger partial charge is 0.478 e. The van der Waals surface area contributed by atoms with Crippen LogP contribution < -0.4 is 16.2 Å². The van der Waals surface area contributed by atoms with E-state index in [1.807, 2.05) is 22.8 Å². The van der Waals surface area contributed by atoms with Crippen LogP contribution in [0.1, 0.15) is 78.1 Å². The minimum absolute atomic E-state index is 0.00131. The number of nitrogens with one attached hydrogen (secondary N) is 2. The summed E-state index contributed by atoms with van der Waals surface area (Å²) in [7, 11) is 0. The van der Waals surface area contributed by atoms with Gasteiger partial charge in [0.2, 0.25) is 0 Å². The number of imidazole rings is 1. The van der Waals surface area contributed by atoms with E-state index in [1.54, 1.807) is 71.4 Å². The number of amides is 2. The number of hydrogen-bond donors (Lipinski definition) is 4. The topological polar surface area (TPSA) is 173 Å². The molecule has 4 N–H and O–H groups in total. The number of unbranched alkanes of at least 4 members (excludes halogenated alkanes) is 1. The van der Waals surface area contributed by atoms with Gasteiger partial charge in [-0.2, -0.15) is 0 Å². The van der Waals surface area contributed by atoms with Crippen molar-refractivity contribution in [1.82, 2.24) is 14.1 Å². The number of benzene rings is 4. The third-order valence-corrected chi connectivity index (χ3v) is 8.65. The highest BCUT2D eigenvalue weighted by molar-refractivity contribution is 6.08. The lowest BCUT2D eigenvalue weighted by atomic mass is 10.1. The summed E-state index contributed by atoms with van der Waals surface area (Å²) >= 11 is 0. The lowest BCUT2D eigenvalue weighted by molar-refractivity contribution is 0.0687. The van der Waals surface area contributed by atoms with Crippen LogP contribution in [-0.2, 0) is 19.5 Å². The molecule has 12 heteroatoms. The normalized spacial score (nSPS) is 10.9. The molecule has 262 valence electrons. The molecule has 0 radical (unpaired) electrons. The summed E-state index contributed by atoms with van der Waals surface area (Å²) in [6.45, 7) is 2.75. The average Bonchev–Trinajstić information content (AvgIpc) is 3.50. The maximum Gasteiger partial charge on any atom is 0.337 e. The number of pyridine rings is 1. The highest BCUT2D eigenvalue weighted by Gasteiger charge is 2.18. The first-order valence-electron chi connectivity index (χ1n) is 16.7. The zero-order chi connectivity index (χ0) is 36.8. The zero-order valence-electron chi connectivity index (χ0n) is 28.2. The summed E-state index contributed by atoms with van der Waals surface area (Å²) in [5.41, 5.74) is 3.54. The van der Waals surface area contributed by atoms with E-state index in [1.165, 1.54) is 24.3 Å². The molecule has 12 nitrogen and oxygen atoms in total. The van der Waals surface area contributed by atoms with Gasteiger partial charge in [0.1, 0.15) is 5.82 Å². The van der Waals surface area contributed by atoms with Crippen LogP contribution in [0, 0.1) is 0 Å². The van der Waals surface area contributed by atoms with E-state index in [0.717, 1.165) is 29.8 Å². The first kappa shape index (κ1) is 35.0. The van der Waals surface area contributed by atoms with Crippen molar-refractivity contribution in [1.29, 1.82) is 0 Å². The molecule has 0 aliphatic carbocycles. The van der Waals surface area contributed by atoms with Gasteiger partial charge in [-0.1, -0.05) is 61.9 Å². The quantitative estimate of drug-likeness (QED) is 0.105. The number of rotatable bonds is 13. The number of carboxylic acids is 2. The molecule has 6 aromatic rings. The third kappa shape index (κ3) is 7.65. The van der Waals surface area contributed by atoms with E-state index in [-0.39, 0.29) is 34.6 Å². The summed E-state index contributed by atoms with van der Waals surface area (Å²) in [6.07, 6.45) is 4.23. The van der Waals surface area contributed by atoms with Crippen molar-refractivity contribution >= 4 is 46.2 Å². The fourth-order valence-corrected chi connectivity index (χ4v) is 5.88. The van der Waals surface area contributed by atoms with Gasteiger partial charge in [-0.3, -0.25) is 14.4 Å². The van der Waals surface area contributed by atoms with Crippen molar-refractivity contribution in [3.8, 4) is 0 Å². The lowest BCUT2D eigenvalue weighted by Gasteiger charge is -2.12. The van der Waals surface area contributed by atoms with Crippen LogP contribution >= 0.6 is 0 Å². The molecule has 0 aliphatic rings. The van der Waals surface area contributed by atoms with Gasteiger partial charge in [-0.15, -0.1) is 0 Å². The Morgan fingerprint density at radius 2 is 1.17 bits per heavy atom. The van der Waals surface area contributed by atoms with Gasteiger partial charge >= 0.3 is 11.9 Å². The molecule has 0 bridgehead atoms. The molecule has 2 heterocycles. The molecule has 52 heavy (non-hydrogen) atoms. The minimum atomic E-state index is -1.14. The number of aromatic nitrogens is 3. The van der Waals surface area contributed by atoms with E-state index < -0.39 is 23.8 Å². The Labute approximate surface area is 298 Å². The van der Waals surface area contributed by atoms with E-state index in [9.17, 15) is 34.2 Å². The number of para-hydroxylation sites is 2. The third-order valence-electron chi connectivity index (χ3n) is 8.65. The maximum absolute atomic E-state index is 13.7. The molecule has 0 saturated carbocycles. The SMILES string of the molecule is CCCCc1nc2c(=O)n(Cc3ccc(C(=O)Nc4ccccc4C(=O)O)cc3)ccc2n1Cc1ccc(C(=O)Nc2ccccc2C(=O)O)cc1. The second-order valence-corrected chi connectivity index (χ2v) is 12.2. The molecule has 0 saturated heterocycles. The Balaban J connectivity index is 1.19. The summed E-state index contributed by atoms with van der Waals surface area (Å²) in [4.78, 5) is 67.3. The first-order chi connectivity index (χ1) is 25.1. The molecule has 0 atom stereocenters. The average molecular weight is 698 g/mol. The zero-order valence-corrected chi connectivity index (χ0v) is 28.2. The number of nitrogens with zero attached hydrogens (tertiary/aromatic N) is 3. The van der Waals surface area contributed by atoms with Gasteiger partial charge in [0.25, 0.3) is 17.4 Å². The van der Waals surface area contributed by atoms with Gasteiger partial charge in [0.05, 0.1) is 34.6 Å². The van der Waals surface area contributed by atoms with Crippen LogP contribution in [0.25, 0.3) is 11.0 Å². The summed E-state index contributed by atoms with van der Waals surface area (Å²) < 4.78 is 3.59. The highest BCUT2D eigenvalue weighted by Crippen LogP contribution is 2.21. The van der Waals surface area contributed by atoms with Crippen molar-refractivity contribution in [2.45, 2.75) is 39.3 Å². The number of carboxylic acid groups (broad SMARTS) is 2. The summed E-state index contributed by atoms with van der Waals surface area (Å²) in [5, 5.41) is 24.2. The summed E-state index contributed by atoms with van der Waals surface area (Å²) in [6, 6.07) is 28.0. The van der Waals surface area contributed by atoms with E-state index >= 15 is 0 Å². The molecule has 6 rings (SSSR count). The molecular formula is C40H35N5O7. The molecule has 2 amide bonds. The Hall–Kier alpha value is -6.82. The molecule has 4 aromatic carbocycles. The van der Waals surface area contributed by atoms with Crippen molar-refractivity contribution in [3.05, 3.63) is 159 Å². The van der Waals surface area contributed by atoms with E-state index in [0.29, 0.717) is 35.1 Å². The monoisotopic (exact) mass is 697 g/mol. The Morgan fingerprint density at radius 3 is 1.67 bits per heavy atom. The fourth-order valence-electron chi connectivity index (χ4n) is 5.88. The van der Waals surface area contributed by atoms with Gasteiger partial charge in [-0.25, -0.2) is 14.6 Å². The fraction of sp³-hybridized carbons (Fsp3) is 0.150. The van der Waals surface area contributed by atoms with Crippen molar-refractivity contribution in [2.75, 3.05) is 10.6 Å². The lowest BCUT2D eigenvalue weighted by Crippen LogP contribution is -2.20. The highest BCUT2D eigenvalue weighted by atomic mass is 16.4. The minimum Gasteiger partial charge on any atom is -0.478 e. The summed E-state index contributed by atoms with van der Waals surface area (Å²) in [5.74, 6) is -2.39. The number of aryl methyl sites for hydroxylation is 1. The number of carbonyl (C=O) groups excluding carboxylic acids is 2. The standard InChI is InChI=1S/C40H35N5O7/c1-2-3-12-34-43-35-33(45(34)24-26-15-19-28(20-16-26)37(47)42-32-11-7-5-9-30(32)40(51)52)21-22-44(38(35)48)23-25-13-17-27(18-14-25)36(46)41-31-10-6-4-8-29(31)39(49)50/h4-11,13-22H,2-3,12,23-24H2,1H3,(H,41,46)(H,42,47)(H,49,50)(H,51,52). The van der Waals surface area contributed by atoms with Crippen LogP contribution in [-0.4, -0.2) is 48.1 Å². The molecule has 0 spiro atoms. The number of carbonyl (C=O) groups is 4. The number of fused-ring (bicyclic) bond motifs is 1. The van der Waals surface area contributed by atoms with Gasteiger partial charge in [0, 0.05) is 30.3 Å². The predicted molar refractivity (Wildman–Crippen MR) is 196 cm³/mol. The van der Waals surface area contributed by atoms with Crippen molar-refractivity contribution in [2.24, 2.45) is 0 Å². The van der Waals surface area contributed by atoms with E-state index in [4.69, 9.17) is 4.98 Å². The van der Waals surface area contributed by atoms with Crippen LogP contribution in [0.3, 0.4) is 0 Å². The molecular weight excluding hydrogens is 662 g/mol. The van der Waals surface area contributed by atoms with Gasteiger partial charge in [0.15, 0.2) is 5.52 Å². The second kappa shape index (κ2) is 15.4. The molecule has 2 aromatic heterocycles. The van der Waals surface area contributed by atoms with Gasteiger partial charge in [-0.05, 0) is 72.1 Å². The molecule has 0 fully saturated rings. The van der Waals surface area contributed by atoms with Crippen LogP contribution in [0.4, 0.5) is 11.4 Å².